The van der Waals surface area contributed by atoms with Crippen molar-refractivity contribution in [1.29, 1.82) is 5.41 Å². The van der Waals surface area contributed by atoms with Crippen molar-refractivity contribution in [2.24, 2.45) is 11.7 Å². The van der Waals surface area contributed by atoms with Gasteiger partial charge in [-0.15, -0.1) is 0 Å². The van der Waals surface area contributed by atoms with E-state index >= 15 is 0 Å². The first-order valence-electron chi connectivity index (χ1n) is 12.3. The fourth-order valence-electron chi connectivity index (χ4n) is 5.31. The third-order valence-corrected chi connectivity index (χ3v) is 7.12. The third-order valence-electron chi connectivity index (χ3n) is 7.12. The van der Waals surface area contributed by atoms with E-state index in [1.165, 1.54) is 6.21 Å². The van der Waals surface area contributed by atoms with Gasteiger partial charge in [0.25, 0.3) is 0 Å². The summed E-state index contributed by atoms with van der Waals surface area (Å²) < 4.78 is 2.23. The van der Waals surface area contributed by atoms with Crippen LogP contribution in [0.15, 0.2) is 54.5 Å². The number of carbonyl (C=O) groups excluding carboxylic acids is 1. The number of piperidine rings is 2. The zero-order valence-corrected chi connectivity index (χ0v) is 19.9. The molecule has 5 rings (SSSR count). The number of imidazole rings is 1. The number of nitrogens with two attached hydrogens (primary N) is 1. The molecular formula is C26H32N8O. The molecule has 35 heavy (non-hydrogen) atoms. The van der Waals surface area contributed by atoms with Gasteiger partial charge in [0.2, 0.25) is 5.91 Å². The summed E-state index contributed by atoms with van der Waals surface area (Å²) in [5.41, 5.74) is 9.22. The fourth-order valence-corrected chi connectivity index (χ4v) is 5.31. The minimum Gasteiger partial charge on any atom is -0.401 e. The Bertz CT molecular complexity index is 1200. The second-order valence-electron chi connectivity index (χ2n) is 9.38. The molecule has 3 N–H and O–H groups in total. The van der Waals surface area contributed by atoms with Crippen LogP contribution in [0.25, 0.3) is 22.7 Å². The number of hydrogen-bond acceptors (Lipinski definition) is 7. The lowest BCUT2D eigenvalue weighted by Crippen LogP contribution is -2.46. The van der Waals surface area contributed by atoms with E-state index in [-0.39, 0.29) is 17.9 Å². The molecule has 2 saturated heterocycles. The van der Waals surface area contributed by atoms with E-state index in [2.05, 4.69) is 19.4 Å². The molecule has 0 bridgehead atoms. The van der Waals surface area contributed by atoms with Crippen molar-refractivity contribution in [2.45, 2.75) is 31.7 Å². The van der Waals surface area contributed by atoms with Crippen LogP contribution >= 0.6 is 0 Å². The lowest BCUT2D eigenvalue weighted by Gasteiger charge is -2.37. The smallest absolute Gasteiger partial charge is 0.225 e. The molecule has 2 fully saturated rings. The van der Waals surface area contributed by atoms with Crippen molar-refractivity contribution < 1.29 is 4.79 Å². The first-order valence-corrected chi connectivity index (χ1v) is 12.3. The van der Waals surface area contributed by atoms with Gasteiger partial charge >= 0.3 is 0 Å². The maximum absolute atomic E-state index is 13.3. The lowest BCUT2D eigenvalue weighted by atomic mass is 9.93. The Morgan fingerprint density at radius 3 is 2.51 bits per heavy atom. The molecule has 1 amide bonds. The zero-order chi connectivity index (χ0) is 24.2. The van der Waals surface area contributed by atoms with Gasteiger partial charge in [-0.25, -0.2) is 9.97 Å². The molecule has 0 aromatic carbocycles. The minimum atomic E-state index is 0.0792. The summed E-state index contributed by atoms with van der Waals surface area (Å²) in [6.45, 7) is 3.87. The summed E-state index contributed by atoms with van der Waals surface area (Å²) in [5, 5.41) is 7.15. The van der Waals surface area contributed by atoms with Gasteiger partial charge in [0.05, 0.1) is 0 Å². The second kappa shape index (κ2) is 10.4. The van der Waals surface area contributed by atoms with Gasteiger partial charge in [0, 0.05) is 55.9 Å². The maximum atomic E-state index is 13.3. The van der Waals surface area contributed by atoms with E-state index in [4.69, 9.17) is 16.1 Å². The minimum absolute atomic E-state index is 0.0792. The van der Waals surface area contributed by atoms with Crippen molar-refractivity contribution in [3.8, 4) is 11.5 Å². The molecule has 2 aliphatic rings. The number of pyridine rings is 2. The molecular weight excluding hydrogens is 440 g/mol. The van der Waals surface area contributed by atoms with E-state index in [0.29, 0.717) is 12.2 Å². The first-order chi connectivity index (χ1) is 17.1. The number of likely N-dealkylation sites (tertiary alicyclic amines) is 2. The molecule has 9 nitrogen and oxygen atoms in total. The van der Waals surface area contributed by atoms with E-state index in [0.717, 1.165) is 74.5 Å². The number of carbonyl (C=O) groups is 1. The number of nitrogens with one attached hydrogen (secondary N) is 1. The summed E-state index contributed by atoms with van der Waals surface area (Å²) in [5.74, 6) is 1.20. The van der Waals surface area contributed by atoms with Gasteiger partial charge in [-0.1, -0.05) is 6.07 Å². The van der Waals surface area contributed by atoms with Gasteiger partial charge in [-0.2, -0.15) is 0 Å². The highest BCUT2D eigenvalue weighted by Crippen LogP contribution is 2.32. The molecule has 0 saturated carbocycles. The number of rotatable bonds is 6. The van der Waals surface area contributed by atoms with E-state index in [1.807, 2.05) is 41.4 Å². The Labute approximate surface area is 205 Å². The summed E-state index contributed by atoms with van der Waals surface area (Å²) in [6, 6.07) is 9.99. The van der Waals surface area contributed by atoms with Gasteiger partial charge in [0.1, 0.15) is 11.2 Å². The number of nitrogens with zero attached hydrogens (tertiary/aromatic N) is 6. The van der Waals surface area contributed by atoms with Crippen LogP contribution in [0.5, 0.6) is 0 Å². The standard InChI is InChI=1S/C26H32N8O/c27-11-6-20(28)18-32-14-7-19(8-15-32)26(35)33-16-9-21(10-17-33)34-24-23(5-3-13-30-24)31-25(34)22-4-1-2-12-29-22/h1-6,11-13,19,21,27H,7-10,14-18,28H2. The van der Waals surface area contributed by atoms with Gasteiger partial charge in [-0.3, -0.25) is 14.7 Å². The molecule has 0 aliphatic carbocycles. The monoisotopic (exact) mass is 472 g/mol. The van der Waals surface area contributed by atoms with Gasteiger partial charge in [0.15, 0.2) is 11.5 Å². The molecule has 0 unspecified atom stereocenters. The van der Waals surface area contributed by atoms with Crippen molar-refractivity contribution >= 4 is 23.3 Å². The van der Waals surface area contributed by atoms with Crippen molar-refractivity contribution in [1.82, 2.24) is 29.3 Å². The predicted octanol–water partition coefficient (Wildman–Crippen LogP) is 2.86. The molecule has 182 valence electrons. The first kappa shape index (κ1) is 23.2. The maximum Gasteiger partial charge on any atom is 0.225 e. The number of aromatic nitrogens is 4. The molecule has 3 aromatic heterocycles. The van der Waals surface area contributed by atoms with E-state index in [9.17, 15) is 4.79 Å². The highest BCUT2D eigenvalue weighted by Gasteiger charge is 2.32. The Balaban J connectivity index is 1.24. The normalized spacial score (nSPS) is 18.7. The fraction of sp³-hybridized carbons (Fsp3) is 0.423. The molecule has 2 aliphatic heterocycles. The summed E-state index contributed by atoms with van der Waals surface area (Å²) in [7, 11) is 0. The Morgan fingerprint density at radius 1 is 1.03 bits per heavy atom. The third kappa shape index (κ3) is 4.95. The highest BCUT2D eigenvalue weighted by molar-refractivity contribution is 5.79. The van der Waals surface area contributed by atoms with Crippen molar-refractivity contribution in [2.75, 3.05) is 32.7 Å². The largest absolute Gasteiger partial charge is 0.401 e. The molecule has 0 radical (unpaired) electrons. The molecule has 5 heterocycles. The summed E-state index contributed by atoms with van der Waals surface area (Å²) in [4.78, 5) is 31.6. The Hall–Kier alpha value is -3.59. The average Bonchev–Trinajstić information content (AvgIpc) is 3.29. The van der Waals surface area contributed by atoms with Gasteiger partial charge in [-0.05, 0) is 69.1 Å². The zero-order valence-electron chi connectivity index (χ0n) is 19.9. The molecule has 0 atom stereocenters. The van der Waals surface area contributed by atoms with Crippen LogP contribution in [-0.2, 0) is 4.79 Å². The Kier molecular flexibility index (Phi) is 6.85. The average molecular weight is 473 g/mol. The summed E-state index contributed by atoms with van der Waals surface area (Å²) in [6.07, 6.45) is 9.90. The highest BCUT2D eigenvalue weighted by atomic mass is 16.2. The summed E-state index contributed by atoms with van der Waals surface area (Å²) >= 11 is 0. The number of amides is 1. The SMILES string of the molecule is N=CC=C(N)CN1CCC(C(=O)N2CCC(n3c(-c4ccccn4)nc4cccnc43)CC2)CC1. The predicted molar refractivity (Wildman–Crippen MR) is 136 cm³/mol. The molecule has 0 spiro atoms. The van der Waals surface area contributed by atoms with Crippen LogP contribution in [0.3, 0.4) is 0 Å². The van der Waals surface area contributed by atoms with Crippen LogP contribution in [0.4, 0.5) is 0 Å². The van der Waals surface area contributed by atoms with Crippen LogP contribution < -0.4 is 5.73 Å². The molecule has 9 heteroatoms. The molecule has 3 aromatic rings. The van der Waals surface area contributed by atoms with Gasteiger partial charge < -0.3 is 20.6 Å². The van der Waals surface area contributed by atoms with Crippen LogP contribution in [-0.4, -0.2) is 74.2 Å². The van der Waals surface area contributed by atoms with Crippen molar-refractivity contribution in [3.05, 3.63) is 54.5 Å². The number of allylic oxidation sites excluding steroid dienone is 1. The quantitative estimate of drug-likeness (QED) is 0.533. The van der Waals surface area contributed by atoms with Crippen LogP contribution in [0.2, 0.25) is 0 Å². The van der Waals surface area contributed by atoms with Crippen molar-refractivity contribution in [3.63, 3.8) is 0 Å². The number of hydrogen-bond donors (Lipinski definition) is 2. The van der Waals surface area contributed by atoms with Crippen LogP contribution in [0.1, 0.15) is 31.7 Å². The lowest BCUT2D eigenvalue weighted by molar-refractivity contribution is -0.138. The van der Waals surface area contributed by atoms with E-state index in [1.54, 1.807) is 12.3 Å². The van der Waals surface area contributed by atoms with E-state index < -0.39 is 0 Å². The second-order valence-corrected chi connectivity index (χ2v) is 9.38. The number of fused-ring (bicyclic) bond motifs is 1. The Morgan fingerprint density at radius 2 is 1.80 bits per heavy atom. The van der Waals surface area contributed by atoms with Crippen LogP contribution in [0, 0.1) is 11.3 Å². The topological polar surface area (TPSA) is 117 Å².